The minimum Gasteiger partial charge on any atom is -0.332 e. The van der Waals surface area contributed by atoms with Gasteiger partial charge in [-0.15, -0.1) is 5.10 Å². The second-order valence-electron chi connectivity index (χ2n) is 5.31. The summed E-state index contributed by atoms with van der Waals surface area (Å²) in [7, 11) is 0. The second-order valence-corrected chi connectivity index (χ2v) is 6.12. The fourth-order valence-electron chi connectivity index (χ4n) is 2.22. The van der Waals surface area contributed by atoms with E-state index in [1.54, 1.807) is 11.0 Å². The van der Waals surface area contributed by atoms with E-state index in [9.17, 15) is 0 Å². The number of aromatic nitrogens is 3. The van der Waals surface area contributed by atoms with Crippen molar-refractivity contribution >= 4 is 40.6 Å². The zero-order chi connectivity index (χ0) is 16.9. The molecule has 0 spiro atoms. The maximum Gasteiger partial charge on any atom is 0.248 e. The molecule has 0 atom stereocenters. The van der Waals surface area contributed by atoms with Gasteiger partial charge in [0.05, 0.1) is 6.54 Å². The van der Waals surface area contributed by atoms with Gasteiger partial charge >= 0.3 is 0 Å². The van der Waals surface area contributed by atoms with Gasteiger partial charge in [0.2, 0.25) is 5.95 Å². The van der Waals surface area contributed by atoms with Gasteiger partial charge in [0.1, 0.15) is 6.33 Å². The van der Waals surface area contributed by atoms with Gasteiger partial charge in [-0.05, 0) is 48.5 Å². The van der Waals surface area contributed by atoms with Gasteiger partial charge in [-0.25, -0.2) is 9.67 Å². The molecule has 0 saturated heterocycles. The van der Waals surface area contributed by atoms with Crippen LogP contribution in [-0.2, 0) is 6.54 Å². The summed E-state index contributed by atoms with van der Waals surface area (Å²) in [5.41, 5.74) is 3.06. The summed E-state index contributed by atoms with van der Waals surface area (Å²) in [6, 6.07) is 15.6. The highest BCUT2D eigenvalue weighted by atomic mass is 35.5. The Morgan fingerprint density at radius 3 is 2.79 bits per heavy atom. The Hall–Kier alpha value is -2.44. The molecule has 0 amide bonds. The van der Waals surface area contributed by atoms with Crippen molar-refractivity contribution in [2.24, 2.45) is 0 Å². The molecule has 0 fully saturated rings. The third-order valence-electron chi connectivity index (χ3n) is 3.33. The molecule has 0 saturated carbocycles. The van der Waals surface area contributed by atoms with Crippen LogP contribution in [0, 0.1) is 6.92 Å². The zero-order valence-corrected chi connectivity index (χ0v) is 14.6. The SMILES string of the molecule is Cc1cccc(NC(=S)Nc2ncn(Cc3ccccc3Cl)n2)c1. The monoisotopic (exact) mass is 357 g/mol. The molecule has 0 aliphatic heterocycles. The lowest BCUT2D eigenvalue weighted by Crippen LogP contribution is -2.20. The van der Waals surface area contributed by atoms with Crippen molar-refractivity contribution < 1.29 is 0 Å². The molecule has 3 rings (SSSR count). The van der Waals surface area contributed by atoms with E-state index >= 15 is 0 Å². The number of nitrogens with one attached hydrogen (secondary N) is 2. The third-order valence-corrected chi connectivity index (χ3v) is 3.90. The average Bonchev–Trinajstić information content (AvgIpc) is 2.96. The Bertz CT molecular complexity index is 861. The Balaban J connectivity index is 1.61. The number of rotatable bonds is 4. The molecule has 3 aromatic rings. The van der Waals surface area contributed by atoms with E-state index in [0.29, 0.717) is 22.6 Å². The molecular weight excluding hydrogens is 342 g/mol. The molecule has 1 aromatic heterocycles. The maximum absolute atomic E-state index is 6.16. The van der Waals surface area contributed by atoms with Crippen molar-refractivity contribution in [3.05, 3.63) is 71.0 Å². The predicted molar refractivity (Wildman–Crippen MR) is 102 cm³/mol. The number of halogens is 1. The summed E-state index contributed by atoms with van der Waals surface area (Å²) >= 11 is 11.4. The molecule has 0 unspecified atom stereocenters. The van der Waals surface area contributed by atoms with Crippen molar-refractivity contribution in [1.29, 1.82) is 0 Å². The first-order valence-electron chi connectivity index (χ1n) is 7.38. The summed E-state index contributed by atoms with van der Waals surface area (Å²) in [6.45, 7) is 2.58. The van der Waals surface area contributed by atoms with Crippen molar-refractivity contribution in [1.82, 2.24) is 14.8 Å². The standard InChI is InChI=1S/C17H16ClN5S/c1-12-5-4-7-14(9-12)20-17(24)21-16-19-11-23(22-16)10-13-6-2-3-8-15(13)18/h2-9,11H,10H2,1H3,(H2,20,21,22,24). The lowest BCUT2D eigenvalue weighted by atomic mass is 10.2. The van der Waals surface area contributed by atoms with E-state index in [4.69, 9.17) is 23.8 Å². The van der Waals surface area contributed by atoms with Crippen LogP contribution in [0.1, 0.15) is 11.1 Å². The lowest BCUT2D eigenvalue weighted by molar-refractivity contribution is 0.687. The molecule has 0 radical (unpaired) electrons. The normalized spacial score (nSPS) is 10.4. The Morgan fingerprint density at radius 1 is 1.17 bits per heavy atom. The van der Waals surface area contributed by atoms with Crippen LogP contribution in [0.4, 0.5) is 11.6 Å². The Morgan fingerprint density at radius 2 is 2.00 bits per heavy atom. The first kappa shape index (κ1) is 16.4. The number of benzene rings is 2. The fraction of sp³-hybridized carbons (Fsp3) is 0.118. The van der Waals surface area contributed by atoms with Crippen molar-refractivity contribution in [2.75, 3.05) is 10.6 Å². The summed E-state index contributed by atoms with van der Waals surface area (Å²) < 4.78 is 1.71. The smallest absolute Gasteiger partial charge is 0.248 e. The van der Waals surface area contributed by atoms with Gasteiger partial charge in [0.25, 0.3) is 0 Å². The van der Waals surface area contributed by atoms with Gasteiger partial charge < -0.3 is 5.32 Å². The molecule has 0 aliphatic rings. The molecule has 24 heavy (non-hydrogen) atoms. The number of aryl methyl sites for hydroxylation is 1. The second kappa shape index (κ2) is 7.42. The van der Waals surface area contributed by atoms with E-state index in [2.05, 4.69) is 20.7 Å². The summed E-state index contributed by atoms with van der Waals surface area (Å²) in [6.07, 6.45) is 1.64. The van der Waals surface area contributed by atoms with Gasteiger partial charge in [0.15, 0.2) is 5.11 Å². The highest BCUT2D eigenvalue weighted by molar-refractivity contribution is 7.80. The Kier molecular flexibility index (Phi) is 5.08. The summed E-state index contributed by atoms with van der Waals surface area (Å²) in [5, 5.41) is 11.6. The first-order valence-corrected chi connectivity index (χ1v) is 8.16. The third kappa shape index (κ3) is 4.31. The van der Waals surface area contributed by atoms with Gasteiger partial charge in [-0.3, -0.25) is 5.32 Å². The number of thiocarbonyl (C=S) groups is 1. The topological polar surface area (TPSA) is 54.8 Å². The zero-order valence-electron chi connectivity index (χ0n) is 13.0. The van der Waals surface area contributed by atoms with Crippen molar-refractivity contribution in [3.63, 3.8) is 0 Å². The van der Waals surface area contributed by atoms with E-state index in [1.807, 2.05) is 55.5 Å². The molecule has 122 valence electrons. The summed E-state index contributed by atoms with van der Waals surface area (Å²) in [4.78, 5) is 4.21. The Labute approximate surface area is 150 Å². The minimum absolute atomic E-state index is 0.437. The van der Waals surface area contributed by atoms with E-state index in [-0.39, 0.29) is 0 Å². The predicted octanol–water partition coefficient (Wildman–Crippen LogP) is 4.10. The average molecular weight is 358 g/mol. The van der Waals surface area contributed by atoms with E-state index < -0.39 is 0 Å². The van der Waals surface area contributed by atoms with Crippen LogP contribution in [-0.4, -0.2) is 19.9 Å². The van der Waals surface area contributed by atoms with Crippen LogP contribution in [0.5, 0.6) is 0 Å². The molecule has 2 N–H and O–H groups in total. The quantitative estimate of drug-likeness (QED) is 0.688. The van der Waals surface area contributed by atoms with Gasteiger partial charge in [-0.2, -0.15) is 0 Å². The number of anilines is 2. The van der Waals surface area contributed by atoms with E-state index in [1.165, 1.54) is 0 Å². The molecular formula is C17H16ClN5S. The van der Waals surface area contributed by atoms with Crippen molar-refractivity contribution in [2.45, 2.75) is 13.5 Å². The molecule has 0 aliphatic carbocycles. The fourth-order valence-corrected chi connectivity index (χ4v) is 2.62. The van der Waals surface area contributed by atoms with Crippen molar-refractivity contribution in [3.8, 4) is 0 Å². The van der Waals surface area contributed by atoms with Crippen LogP contribution in [0.25, 0.3) is 0 Å². The van der Waals surface area contributed by atoms with Crippen LogP contribution < -0.4 is 10.6 Å². The van der Waals surface area contributed by atoms with Crippen LogP contribution in [0.15, 0.2) is 54.9 Å². The largest absolute Gasteiger partial charge is 0.332 e. The van der Waals surface area contributed by atoms with Gasteiger partial charge in [0, 0.05) is 10.7 Å². The number of nitrogens with zero attached hydrogens (tertiary/aromatic N) is 3. The van der Waals surface area contributed by atoms with Gasteiger partial charge in [-0.1, -0.05) is 41.9 Å². The first-order chi connectivity index (χ1) is 11.6. The molecule has 5 nitrogen and oxygen atoms in total. The van der Waals surface area contributed by atoms with Crippen LogP contribution >= 0.6 is 23.8 Å². The van der Waals surface area contributed by atoms with Crippen LogP contribution in [0.3, 0.4) is 0 Å². The molecule has 0 bridgehead atoms. The minimum atomic E-state index is 0.437. The highest BCUT2D eigenvalue weighted by Gasteiger charge is 2.06. The van der Waals surface area contributed by atoms with E-state index in [0.717, 1.165) is 16.8 Å². The molecule has 1 heterocycles. The van der Waals surface area contributed by atoms with Crippen LogP contribution in [0.2, 0.25) is 5.02 Å². The lowest BCUT2D eigenvalue weighted by Gasteiger charge is -2.08. The molecule has 7 heteroatoms. The number of hydrogen-bond donors (Lipinski definition) is 2. The molecule has 2 aromatic carbocycles. The number of hydrogen-bond acceptors (Lipinski definition) is 3. The summed E-state index contributed by atoms with van der Waals surface area (Å²) in [5.74, 6) is 0.437. The highest BCUT2D eigenvalue weighted by Crippen LogP contribution is 2.16. The maximum atomic E-state index is 6.16.